The van der Waals surface area contributed by atoms with Crippen molar-refractivity contribution >= 4 is 41.1 Å². The molecule has 0 unspecified atom stereocenters. The van der Waals surface area contributed by atoms with Gasteiger partial charge in [0.1, 0.15) is 5.82 Å². The molecule has 1 heterocycles. The average Bonchev–Trinajstić information content (AvgIpc) is 2.95. The fraction of sp³-hybridized carbons (Fsp3) is 0.214. The van der Waals surface area contributed by atoms with Gasteiger partial charge in [0.05, 0.1) is 24.9 Å². The molecule has 0 atom stereocenters. The van der Waals surface area contributed by atoms with Crippen molar-refractivity contribution in [2.45, 2.75) is 13.3 Å². The maximum Gasteiger partial charge on any atom is 0.510 e. The van der Waals surface area contributed by atoms with E-state index < -0.39 is 24.2 Å². The van der Waals surface area contributed by atoms with Crippen molar-refractivity contribution in [2.75, 3.05) is 12.0 Å². The van der Waals surface area contributed by atoms with Crippen LogP contribution in [0.5, 0.6) is 0 Å². The third-order valence-electron chi connectivity index (χ3n) is 2.95. The number of esters is 1. The lowest BCUT2D eigenvalue weighted by molar-refractivity contribution is -0.142. The van der Waals surface area contributed by atoms with Crippen LogP contribution in [0.4, 0.5) is 22.5 Å². The van der Waals surface area contributed by atoms with E-state index in [0.717, 1.165) is 29.7 Å². The van der Waals surface area contributed by atoms with Crippen LogP contribution in [0.1, 0.15) is 18.2 Å². The zero-order valence-electron chi connectivity index (χ0n) is 13.0. The number of hydrogen-bond donors (Lipinski definition) is 1. The fourth-order valence-electron chi connectivity index (χ4n) is 1.90. The minimum Gasteiger partial charge on any atom is -0.466 e. The molecule has 2 aromatic rings. The van der Waals surface area contributed by atoms with Gasteiger partial charge in [0.2, 0.25) is 5.13 Å². The maximum absolute atomic E-state index is 13.0. The van der Waals surface area contributed by atoms with Crippen molar-refractivity contribution in [3.8, 4) is 0 Å². The van der Waals surface area contributed by atoms with E-state index in [4.69, 9.17) is 4.74 Å². The number of rotatable bonds is 7. The van der Waals surface area contributed by atoms with E-state index in [1.807, 2.05) is 0 Å². The average molecular weight is 374 g/mol. The molecule has 11 heteroatoms. The summed E-state index contributed by atoms with van der Waals surface area (Å²) in [5, 5.41) is 5.60. The SMILES string of the molecule is CCOC(=O)Cc1csc(NN=Cc2ccc(F)cc2[B-](F)(F)F)n1. The van der Waals surface area contributed by atoms with Gasteiger partial charge < -0.3 is 17.7 Å². The first-order valence-electron chi connectivity index (χ1n) is 7.18. The normalized spacial score (nSPS) is 11.7. The van der Waals surface area contributed by atoms with Gasteiger partial charge in [0.15, 0.2) is 0 Å². The van der Waals surface area contributed by atoms with Crippen LogP contribution in [-0.2, 0) is 16.0 Å². The number of carbonyl (C=O) groups excluding carboxylic acids is 1. The number of halogens is 4. The number of benzene rings is 1. The number of anilines is 1. The highest BCUT2D eigenvalue weighted by molar-refractivity contribution is 7.13. The summed E-state index contributed by atoms with van der Waals surface area (Å²) in [5.74, 6) is -1.39. The number of hydrazone groups is 1. The van der Waals surface area contributed by atoms with Crippen LogP contribution in [0.3, 0.4) is 0 Å². The van der Waals surface area contributed by atoms with Crippen LogP contribution in [0, 0.1) is 5.82 Å². The Labute approximate surface area is 144 Å². The van der Waals surface area contributed by atoms with Crippen LogP contribution in [0.15, 0.2) is 28.7 Å². The second-order valence-electron chi connectivity index (χ2n) is 4.84. The summed E-state index contributed by atoms with van der Waals surface area (Å²) >= 11 is 1.13. The van der Waals surface area contributed by atoms with Crippen molar-refractivity contribution in [2.24, 2.45) is 5.10 Å². The highest BCUT2D eigenvalue weighted by atomic mass is 32.1. The van der Waals surface area contributed by atoms with E-state index in [9.17, 15) is 22.1 Å². The molecule has 25 heavy (non-hydrogen) atoms. The Balaban J connectivity index is 2.05. The molecule has 0 aliphatic rings. The minimum absolute atomic E-state index is 0.00552. The third-order valence-corrected chi connectivity index (χ3v) is 3.74. The van der Waals surface area contributed by atoms with E-state index in [1.165, 1.54) is 0 Å². The van der Waals surface area contributed by atoms with Crippen LogP contribution < -0.4 is 10.9 Å². The van der Waals surface area contributed by atoms with Gasteiger partial charge in [-0.1, -0.05) is 17.6 Å². The fourth-order valence-corrected chi connectivity index (χ4v) is 2.56. The molecule has 0 radical (unpaired) electrons. The smallest absolute Gasteiger partial charge is 0.466 e. The number of nitrogens with one attached hydrogen (secondary N) is 1. The minimum atomic E-state index is -5.37. The third kappa shape index (κ3) is 5.56. The second-order valence-corrected chi connectivity index (χ2v) is 5.70. The zero-order chi connectivity index (χ0) is 18.4. The van der Waals surface area contributed by atoms with Crippen LogP contribution >= 0.6 is 11.3 Å². The molecule has 0 amide bonds. The molecule has 0 aliphatic heterocycles. The summed E-state index contributed by atoms with van der Waals surface area (Å²) in [4.78, 5) is 15.4. The number of hydrogen-bond acceptors (Lipinski definition) is 6. The van der Waals surface area contributed by atoms with Crippen molar-refractivity contribution < 1.29 is 26.9 Å². The van der Waals surface area contributed by atoms with Gasteiger partial charge in [-0.25, -0.2) is 9.37 Å². The molecule has 1 aromatic carbocycles. The zero-order valence-corrected chi connectivity index (χ0v) is 13.8. The predicted molar refractivity (Wildman–Crippen MR) is 88.8 cm³/mol. The van der Waals surface area contributed by atoms with E-state index in [2.05, 4.69) is 15.5 Å². The second kappa shape index (κ2) is 8.10. The Hall–Kier alpha value is -2.43. The predicted octanol–water partition coefficient (Wildman–Crippen LogP) is 2.89. The first-order valence-corrected chi connectivity index (χ1v) is 8.06. The lowest BCUT2D eigenvalue weighted by atomic mass is 9.77. The molecule has 134 valence electrons. The van der Waals surface area contributed by atoms with Crippen LogP contribution in [-0.4, -0.2) is 30.8 Å². The first kappa shape index (κ1) is 18.9. The molecule has 1 N–H and O–H groups in total. The van der Waals surface area contributed by atoms with E-state index >= 15 is 0 Å². The van der Waals surface area contributed by atoms with Crippen molar-refractivity contribution in [3.05, 3.63) is 40.7 Å². The molecule has 0 bridgehead atoms. The van der Waals surface area contributed by atoms with Crippen molar-refractivity contribution in [3.63, 3.8) is 0 Å². The Morgan fingerprint density at radius 1 is 1.44 bits per heavy atom. The molecule has 2 rings (SSSR count). The summed E-state index contributed by atoms with van der Waals surface area (Å²) in [5.41, 5.74) is 1.62. The monoisotopic (exact) mass is 374 g/mol. The standard InChI is InChI=1S/C14H13BF4N3O2S/c1-2-24-13(23)6-11-8-25-14(21-11)22-20-7-9-3-4-10(16)5-12(9)15(17,18)19/h3-5,7-8H,2,6H2,1H3,(H,21,22)/q-1. The topological polar surface area (TPSA) is 63.6 Å². The largest absolute Gasteiger partial charge is 0.510 e. The molecule has 1 aromatic heterocycles. The number of thiazole rings is 1. The van der Waals surface area contributed by atoms with Gasteiger partial charge in [-0.15, -0.1) is 11.3 Å². The lowest BCUT2D eigenvalue weighted by Crippen LogP contribution is -2.37. The maximum atomic E-state index is 13.0. The van der Waals surface area contributed by atoms with Crippen molar-refractivity contribution in [1.29, 1.82) is 0 Å². The molecule has 0 saturated heterocycles. The summed E-state index contributed by atoms with van der Waals surface area (Å²) < 4.78 is 56.6. The highest BCUT2D eigenvalue weighted by Gasteiger charge is 2.28. The quantitative estimate of drug-likeness (QED) is 0.266. The molecular weight excluding hydrogens is 361 g/mol. The van der Waals surface area contributed by atoms with Gasteiger partial charge in [0.25, 0.3) is 0 Å². The van der Waals surface area contributed by atoms with Gasteiger partial charge >= 0.3 is 12.9 Å². The molecule has 0 saturated carbocycles. The van der Waals surface area contributed by atoms with Crippen LogP contribution in [0.25, 0.3) is 0 Å². The molecule has 0 aliphatic carbocycles. The summed E-state index contributed by atoms with van der Waals surface area (Å²) in [6.45, 7) is -3.42. The summed E-state index contributed by atoms with van der Waals surface area (Å²) in [7, 11) is 0. The van der Waals surface area contributed by atoms with Gasteiger partial charge in [0, 0.05) is 5.38 Å². The number of aromatic nitrogens is 1. The Kier molecular flexibility index (Phi) is 6.13. The van der Waals surface area contributed by atoms with Gasteiger partial charge in [-0.2, -0.15) is 5.10 Å². The summed E-state index contributed by atoms with van der Waals surface area (Å²) in [6, 6.07) is 2.36. The molecule has 5 nitrogen and oxygen atoms in total. The van der Waals surface area contributed by atoms with E-state index in [0.29, 0.717) is 16.9 Å². The summed E-state index contributed by atoms with van der Waals surface area (Å²) in [6.07, 6.45) is 0.935. The van der Waals surface area contributed by atoms with Crippen LogP contribution in [0.2, 0.25) is 0 Å². The lowest BCUT2D eigenvalue weighted by Gasteiger charge is -2.17. The first-order chi connectivity index (χ1) is 11.8. The van der Waals surface area contributed by atoms with E-state index in [-0.39, 0.29) is 18.6 Å². The number of nitrogens with zero attached hydrogens (tertiary/aromatic N) is 2. The molecule has 0 fully saturated rings. The Bertz CT molecular complexity index is 780. The Morgan fingerprint density at radius 3 is 2.88 bits per heavy atom. The highest BCUT2D eigenvalue weighted by Crippen LogP contribution is 2.16. The van der Waals surface area contributed by atoms with E-state index in [1.54, 1.807) is 12.3 Å². The molecular formula is C14H13BF4N3O2S-. The number of ether oxygens (including phenoxy) is 1. The van der Waals surface area contributed by atoms with Gasteiger partial charge in [-0.05, 0) is 18.6 Å². The number of carbonyl (C=O) groups is 1. The van der Waals surface area contributed by atoms with Gasteiger partial charge in [-0.3, -0.25) is 10.2 Å². The molecule has 0 spiro atoms. The Morgan fingerprint density at radius 2 is 2.20 bits per heavy atom. The van der Waals surface area contributed by atoms with Crippen molar-refractivity contribution in [1.82, 2.24) is 4.98 Å².